The maximum atomic E-state index is 14.0. The molecule has 1 aliphatic rings. The Bertz CT molecular complexity index is 1220. The minimum atomic E-state index is -0.563. The molecule has 0 saturated carbocycles. The van der Waals surface area contributed by atoms with Gasteiger partial charge in [0.25, 0.3) is 0 Å². The van der Waals surface area contributed by atoms with Crippen molar-refractivity contribution in [3.05, 3.63) is 54.3 Å². The first-order valence-electron chi connectivity index (χ1n) is 10.3. The van der Waals surface area contributed by atoms with Gasteiger partial charge in [-0.05, 0) is 24.3 Å². The fourth-order valence-electron chi connectivity index (χ4n) is 3.80. The number of fused-ring (bicyclic) bond motifs is 1. The SMILES string of the molecule is Nc1nc(NCCN2CCN(c3ccc(F)cc3F)CC2)cc2nc(-c3ccco3)nn12. The van der Waals surface area contributed by atoms with Crippen molar-refractivity contribution < 1.29 is 13.2 Å². The van der Waals surface area contributed by atoms with Crippen molar-refractivity contribution in [2.75, 3.05) is 55.2 Å². The molecule has 0 radical (unpaired) electrons. The first kappa shape index (κ1) is 20.2. The summed E-state index contributed by atoms with van der Waals surface area (Å²) in [6.07, 6.45) is 1.56. The number of nitrogens with two attached hydrogens (primary N) is 1. The molecule has 0 unspecified atom stereocenters. The van der Waals surface area contributed by atoms with Crippen molar-refractivity contribution >= 4 is 23.1 Å². The second-order valence-electron chi connectivity index (χ2n) is 7.53. The summed E-state index contributed by atoms with van der Waals surface area (Å²) in [5.74, 6) is 0.749. The first-order chi connectivity index (χ1) is 15.6. The highest BCUT2D eigenvalue weighted by Gasteiger charge is 2.19. The van der Waals surface area contributed by atoms with Crippen LogP contribution in [0.15, 0.2) is 47.1 Å². The fourth-order valence-corrected chi connectivity index (χ4v) is 3.80. The molecule has 9 nitrogen and oxygen atoms in total. The van der Waals surface area contributed by atoms with Gasteiger partial charge in [-0.25, -0.2) is 13.8 Å². The number of piperazine rings is 1. The molecule has 0 spiro atoms. The Balaban J connectivity index is 1.16. The highest BCUT2D eigenvalue weighted by Crippen LogP contribution is 2.22. The molecule has 5 rings (SSSR count). The van der Waals surface area contributed by atoms with Gasteiger partial charge in [-0.2, -0.15) is 9.50 Å². The van der Waals surface area contributed by atoms with Crippen molar-refractivity contribution in [1.82, 2.24) is 24.5 Å². The Kier molecular flexibility index (Phi) is 5.31. The largest absolute Gasteiger partial charge is 0.461 e. The van der Waals surface area contributed by atoms with Gasteiger partial charge < -0.3 is 20.4 Å². The summed E-state index contributed by atoms with van der Waals surface area (Å²) in [6.45, 7) is 4.36. The van der Waals surface area contributed by atoms with E-state index in [2.05, 4.69) is 25.3 Å². The number of aromatic nitrogens is 4. The monoisotopic (exact) mass is 440 g/mol. The summed E-state index contributed by atoms with van der Waals surface area (Å²) in [7, 11) is 0. The van der Waals surface area contributed by atoms with E-state index in [9.17, 15) is 8.78 Å². The molecule has 11 heteroatoms. The molecule has 1 saturated heterocycles. The van der Waals surface area contributed by atoms with Gasteiger partial charge in [-0.3, -0.25) is 4.90 Å². The molecular formula is C21H22F2N8O. The maximum Gasteiger partial charge on any atom is 0.225 e. The number of hydrogen-bond acceptors (Lipinski definition) is 8. The van der Waals surface area contributed by atoms with Crippen LogP contribution in [0.2, 0.25) is 0 Å². The first-order valence-corrected chi connectivity index (χ1v) is 10.3. The second kappa shape index (κ2) is 8.42. The van der Waals surface area contributed by atoms with E-state index < -0.39 is 11.6 Å². The van der Waals surface area contributed by atoms with E-state index in [0.717, 1.165) is 25.7 Å². The zero-order valence-electron chi connectivity index (χ0n) is 17.2. The van der Waals surface area contributed by atoms with Crippen molar-refractivity contribution in [2.24, 2.45) is 0 Å². The number of halogens is 2. The molecule has 0 aliphatic carbocycles. The van der Waals surface area contributed by atoms with Crippen LogP contribution in [0, 0.1) is 11.6 Å². The summed E-state index contributed by atoms with van der Waals surface area (Å²) in [6, 6.07) is 9.04. The van der Waals surface area contributed by atoms with Crippen LogP contribution in [-0.4, -0.2) is 63.8 Å². The lowest BCUT2D eigenvalue weighted by atomic mass is 10.2. The lowest BCUT2D eigenvalue weighted by Crippen LogP contribution is -2.47. The van der Waals surface area contributed by atoms with Gasteiger partial charge in [0.2, 0.25) is 11.8 Å². The predicted octanol–water partition coefficient (Wildman–Crippen LogP) is 2.48. The van der Waals surface area contributed by atoms with Gasteiger partial charge in [-0.1, -0.05) is 0 Å². The van der Waals surface area contributed by atoms with Gasteiger partial charge in [0.1, 0.15) is 17.5 Å². The van der Waals surface area contributed by atoms with Gasteiger partial charge in [-0.15, -0.1) is 5.10 Å². The second-order valence-corrected chi connectivity index (χ2v) is 7.53. The molecule has 0 atom stereocenters. The van der Waals surface area contributed by atoms with E-state index in [1.807, 2.05) is 4.90 Å². The van der Waals surface area contributed by atoms with Crippen LogP contribution in [0.4, 0.5) is 26.2 Å². The van der Waals surface area contributed by atoms with E-state index in [1.165, 1.54) is 16.6 Å². The van der Waals surface area contributed by atoms with E-state index in [0.29, 0.717) is 48.4 Å². The molecule has 3 N–H and O–H groups in total. The zero-order valence-corrected chi connectivity index (χ0v) is 17.2. The lowest BCUT2D eigenvalue weighted by molar-refractivity contribution is 0.266. The number of nitrogens with one attached hydrogen (secondary N) is 1. The van der Waals surface area contributed by atoms with Crippen molar-refractivity contribution in [3.63, 3.8) is 0 Å². The normalized spacial score (nSPS) is 14.9. The molecule has 0 amide bonds. The minimum absolute atomic E-state index is 0.227. The number of nitrogens with zero attached hydrogens (tertiary/aromatic N) is 6. The summed E-state index contributed by atoms with van der Waals surface area (Å²) in [5, 5.41) is 7.60. The number of anilines is 3. The molecule has 166 valence electrons. The highest BCUT2D eigenvalue weighted by atomic mass is 19.1. The van der Waals surface area contributed by atoms with Crippen molar-refractivity contribution in [2.45, 2.75) is 0 Å². The fraction of sp³-hybridized carbons (Fsp3) is 0.286. The third-order valence-electron chi connectivity index (χ3n) is 5.45. The summed E-state index contributed by atoms with van der Waals surface area (Å²) in [4.78, 5) is 13.0. The minimum Gasteiger partial charge on any atom is -0.461 e. The smallest absolute Gasteiger partial charge is 0.225 e. The standard InChI is InChI=1S/C21H22F2N8O/c22-14-3-4-16(15(23)12-14)30-9-7-29(8-10-30)6-5-25-18-13-19-27-20(17-2-1-11-32-17)28-31(19)21(24)26-18/h1-4,11-13,25H,5-10H2,(H2,24,26). The van der Waals surface area contributed by atoms with Gasteiger partial charge >= 0.3 is 0 Å². The van der Waals surface area contributed by atoms with Gasteiger partial charge in [0.15, 0.2) is 11.4 Å². The number of rotatable bonds is 6. The van der Waals surface area contributed by atoms with E-state index >= 15 is 0 Å². The predicted molar refractivity (Wildman–Crippen MR) is 116 cm³/mol. The average Bonchev–Trinajstić information content (AvgIpc) is 3.45. The van der Waals surface area contributed by atoms with E-state index in [-0.39, 0.29) is 5.95 Å². The van der Waals surface area contributed by atoms with Crippen molar-refractivity contribution in [3.8, 4) is 11.6 Å². The molecule has 1 aliphatic heterocycles. The average molecular weight is 440 g/mol. The van der Waals surface area contributed by atoms with Crippen LogP contribution in [0.25, 0.3) is 17.2 Å². The topological polar surface area (TPSA) is 101 Å². The Morgan fingerprint density at radius 3 is 2.66 bits per heavy atom. The van der Waals surface area contributed by atoms with Crippen LogP contribution in [-0.2, 0) is 0 Å². The van der Waals surface area contributed by atoms with Crippen LogP contribution in [0.3, 0.4) is 0 Å². The molecule has 0 bridgehead atoms. The molecule has 4 aromatic rings. The molecular weight excluding hydrogens is 418 g/mol. The molecule has 32 heavy (non-hydrogen) atoms. The summed E-state index contributed by atoms with van der Waals surface area (Å²) >= 11 is 0. The molecule has 3 aromatic heterocycles. The molecule has 1 aromatic carbocycles. The Labute approximate surface area is 182 Å². The molecule has 1 fully saturated rings. The number of nitrogen functional groups attached to an aromatic ring is 1. The summed E-state index contributed by atoms with van der Waals surface area (Å²) < 4.78 is 33.9. The van der Waals surface area contributed by atoms with Crippen molar-refractivity contribution in [1.29, 1.82) is 0 Å². The van der Waals surface area contributed by atoms with Gasteiger partial charge in [0, 0.05) is 51.4 Å². The Morgan fingerprint density at radius 1 is 1.06 bits per heavy atom. The highest BCUT2D eigenvalue weighted by molar-refractivity contribution is 5.58. The number of hydrogen-bond donors (Lipinski definition) is 2. The van der Waals surface area contributed by atoms with Crippen LogP contribution >= 0.6 is 0 Å². The van der Waals surface area contributed by atoms with Crippen LogP contribution < -0.4 is 16.0 Å². The maximum absolute atomic E-state index is 14.0. The third kappa shape index (κ3) is 4.06. The Hall–Kier alpha value is -3.73. The quantitative estimate of drug-likeness (QED) is 0.472. The zero-order chi connectivity index (χ0) is 22.1. The van der Waals surface area contributed by atoms with Crippen LogP contribution in [0.5, 0.6) is 0 Å². The summed E-state index contributed by atoms with van der Waals surface area (Å²) in [5.41, 5.74) is 7.05. The molecule has 4 heterocycles. The van der Waals surface area contributed by atoms with E-state index in [4.69, 9.17) is 10.2 Å². The number of furan rings is 1. The number of benzene rings is 1. The van der Waals surface area contributed by atoms with Gasteiger partial charge in [0.05, 0.1) is 12.0 Å². The third-order valence-corrected chi connectivity index (χ3v) is 5.45. The van der Waals surface area contributed by atoms with E-state index in [1.54, 1.807) is 24.5 Å². The Morgan fingerprint density at radius 2 is 1.91 bits per heavy atom. The lowest BCUT2D eigenvalue weighted by Gasteiger charge is -2.36. The van der Waals surface area contributed by atoms with Crippen LogP contribution in [0.1, 0.15) is 0 Å².